The summed E-state index contributed by atoms with van der Waals surface area (Å²) in [6.07, 6.45) is 0.815. The lowest BCUT2D eigenvalue weighted by Crippen LogP contribution is -2.33. The zero-order valence-corrected chi connectivity index (χ0v) is 19.1. The average Bonchev–Trinajstić information content (AvgIpc) is 3.08. The Bertz CT molecular complexity index is 1020. The summed E-state index contributed by atoms with van der Waals surface area (Å²) in [4.78, 5) is 14.6. The third kappa shape index (κ3) is 5.18. The highest BCUT2D eigenvalue weighted by atomic mass is 79.9. The number of hydrogen-bond acceptors (Lipinski definition) is 4. The van der Waals surface area contributed by atoms with Gasteiger partial charge in [-0.3, -0.25) is 4.79 Å². The molecule has 1 N–H and O–H groups in total. The Kier molecular flexibility index (Phi) is 6.65. The van der Waals surface area contributed by atoms with Crippen molar-refractivity contribution in [2.75, 3.05) is 24.6 Å². The number of anilines is 1. The molecule has 0 fully saturated rings. The first kappa shape index (κ1) is 21.8. The molecular weight excluding hydrogens is 456 g/mol. The van der Waals surface area contributed by atoms with Crippen LogP contribution < -0.4 is 14.4 Å². The third-order valence-corrected chi connectivity index (χ3v) is 6.64. The van der Waals surface area contributed by atoms with E-state index in [0.717, 1.165) is 22.1 Å². The molecule has 0 bridgehead atoms. The summed E-state index contributed by atoms with van der Waals surface area (Å²) in [7, 11) is -3.56. The maximum absolute atomic E-state index is 12.6. The number of ether oxygens (including phenoxy) is 1. The van der Waals surface area contributed by atoms with Gasteiger partial charge in [-0.2, -0.15) is 0 Å². The normalized spacial score (nSPS) is 13.6. The molecule has 1 heterocycles. The second-order valence-electron chi connectivity index (χ2n) is 7.53. The first-order chi connectivity index (χ1) is 13.7. The summed E-state index contributed by atoms with van der Waals surface area (Å²) in [5.74, 6) is 0.591. The van der Waals surface area contributed by atoms with Gasteiger partial charge < -0.3 is 9.64 Å². The van der Waals surface area contributed by atoms with Crippen molar-refractivity contribution in [2.45, 2.75) is 32.1 Å². The van der Waals surface area contributed by atoms with E-state index in [9.17, 15) is 13.2 Å². The van der Waals surface area contributed by atoms with Gasteiger partial charge >= 0.3 is 0 Å². The molecular formula is C21H25BrN2O4S. The molecule has 2 aromatic rings. The predicted octanol–water partition coefficient (Wildman–Crippen LogP) is 3.66. The molecule has 0 atom stereocenters. The number of halogens is 1. The van der Waals surface area contributed by atoms with Gasteiger partial charge in [-0.1, -0.05) is 29.8 Å². The maximum atomic E-state index is 12.6. The second kappa shape index (κ2) is 8.85. The van der Waals surface area contributed by atoms with Crippen LogP contribution in [0.25, 0.3) is 0 Å². The Labute approximate surface area is 180 Å². The topological polar surface area (TPSA) is 75.7 Å². The number of nitrogens with zero attached hydrogens (tertiary/aromatic N) is 1. The van der Waals surface area contributed by atoms with Crippen LogP contribution in [0.4, 0.5) is 5.69 Å². The van der Waals surface area contributed by atoms with E-state index in [0.29, 0.717) is 24.4 Å². The van der Waals surface area contributed by atoms with Crippen LogP contribution in [0, 0.1) is 12.8 Å². The molecule has 1 aliphatic rings. The number of carbonyl (C=O) groups excluding carboxylic acids is 1. The van der Waals surface area contributed by atoms with Crippen LogP contribution >= 0.6 is 15.9 Å². The number of hydrogen-bond donors (Lipinski definition) is 1. The van der Waals surface area contributed by atoms with Gasteiger partial charge in [-0.25, -0.2) is 13.1 Å². The number of rotatable bonds is 7. The van der Waals surface area contributed by atoms with E-state index in [1.165, 1.54) is 6.07 Å². The van der Waals surface area contributed by atoms with E-state index in [1.807, 2.05) is 32.0 Å². The van der Waals surface area contributed by atoms with Crippen LogP contribution in [-0.2, 0) is 21.2 Å². The molecule has 6 nitrogen and oxygen atoms in total. The Morgan fingerprint density at radius 2 is 2.00 bits per heavy atom. The number of aryl methyl sites for hydroxylation is 1. The van der Waals surface area contributed by atoms with Gasteiger partial charge in [0.15, 0.2) is 6.61 Å². The van der Waals surface area contributed by atoms with E-state index >= 15 is 0 Å². The van der Waals surface area contributed by atoms with Gasteiger partial charge in [-0.15, -0.1) is 0 Å². The van der Waals surface area contributed by atoms with Crippen LogP contribution in [-0.4, -0.2) is 34.0 Å². The lowest BCUT2D eigenvalue weighted by Gasteiger charge is -2.18. The monoisotopic (exact) mass is 480 g/mol. The van der Waals surface area contributed by atoms with Crippen LogP contribution in [0.5, 0.6) is 5.75 Å². The fourth-order valence-corrected chi connectivity index (χ4v) is 4.86. The number of carbonyl (C=O) groups is 1. The third-order valence-electron chi connectivity index (χ3n) is 4.73. The predicted molar refractivity (Wildman–Crippen MR) is 117 cm³/mol. The summed E-state index contributed by atoms with van der Waals surface area (Å²) < 4.78 is 34.0. The molecule has 0 aliphatic carbocycles. The molecule has 0 unspecified atom stereocenters. The number of nitrogens with one attached hydrogen (secondary N) is 1. The quantitative estimate of drug-likeness (QED) is 0.655. The van der Waals surface area contributed by atoms with Crippen molar-refractivity contribution in [3.63, 3.8) is 0 Å². The first-order valence-electron chi connectivity index (χ1n) is 9.49. The number of benzene rings is 2. The van der Waals surface area contributed by atoms with Crippen LogP contribution in [0.2, 0.25) is 0 Å². The SMILES string of the molecule is Cc1cc(S(=O)(=O)NCC(C)C)ccc1OCC(=O)N1CCc2cc(Br)ccc21. The minimum absolute atomic E-state index is 0.103. The van der Waals surface area contributed by atoms with Crippen LogP contribution in [0.1, 0.15) is 25.0 Å². The van der Waals surface area contributed by atoms with Crippen molar-refractivity contribution in [1.82, 2.24) is 4.72 Å². The van der Waals surface area contributed by atoms with Crippen molar-refractivity contribution < 1.29 is 17.9 Å². The molecule has 3 rings (SSSR count). The van der Waals surface area contributed by atoms with Gasteiger partial charge in [0, 0.05) is 23.2 Å². The van der Waals surface area contributed by atoms with Gasteiger partial charge in [0.1, 0.15) is 5.75 Å². The fraction of sp³-hybridized carbons (Fsp3) is 0.381. The molecule has 0 aromatic heterocycles. The molecule has 156 valence electrons. The first-order valence-corrected chi connectivity index (χ1v) is 11.8. The zero-order chi connectivity index (χ0) is 21.2. The lowest BCUT2D eigenvalue weighted by atomic mass is 10.2. The van der Waals surface area contributed by atoms with E-state index in [2.05, 4.69) is 20.7 Å². The summed E-state index contributed by atoms with van der Waals surface area (Å²) >= 11 is 3.45. The van der Waals surface area contributed by atoms with E-state index in [1.54, 1.807) is 24.0 Å². The number of amides is 1. The molecule has 1 amide bonds. The minimum Gasteiger partial charge on any atom is -0.483 e. The van der Waals surface area contributed by atoms with Gasteiger partial charge in [0.05, 0.1) is 4.90 Å². The fourth-order valence-electron chi connectivity index (χ4n) is 3.16. The minimum atomic E-state index is -3.56. The van der Waals surface area contributed by atoms with E-state index in [4.69, 9.17) is 4.74 Å². The lowest BCUT2D eigenvalue weighted by molar-refractivity contribution is -0.120. The molecule has 29 heavy (non-hydrogen) atoms. The molecule has 0 radical (unpaired) electrons. The molecule has 2 aromatic carbocycles. The maximum Gasteiger partial charge on any atom is 0.264 e. The Balaban J connectivity index is 1.65. The molecule has 0 saturated heterocycles. The molecule has 0 spiro atoms. The van der Waals surface area contributed by atoms with Crippen molar-refractivity contribution in [3.05, 3.63) is 52.0 Å². The van der Waals surface area contributed by atoms with Crippen LogP contribution in [0.15, 0.2) is 45.8 Å². The van der Waals surface area contributed by atoms with Gasteiger partial charge in [0.2, 0.25) is 10.0 Å². The highest BCUT2D eigenvalue weighted by molar-refractivity contribution is 9.10. The van der Waals surface area contributed by atoms with Gasteiger partial charge in [-0.05, 0) is 66.8 Å². The Hall–Kier alpha value is -1.90. The van der Waals surface area contributed by atoms with E-state index < -0.39 is 10.0 Å². The molecule has 8 heteroatoms. The van der Waals surface area contributed by atoms with Crippen molar-refractivity contribution >= 4 is 37.5 Å². The average molecular weight is 481 g/mol. The summed E-state index contributed by atoms with van der Waals surface area (Å²) in [5, 5.41) is 0. The van der Waals surface area contributed by atoms with Crippen LogP contribution in [0.3, 0.4) is 0 Å². The molecule has 0 saturated carbocycles. The second-order valence-corrected chi connectivity index (χ2v) is 10.2. The highest BCUT2D eigenvalue weighted by Gasteiger charge is 2.25. The largest absolute Gasteiger partial charge is 0.483 e. The molecule has 1 aliphatic heterocycles. The summed E-state index contributed by atoms with van der Waals surface area (Å²) in [6.45, 7) is 6.56. The van der Waals surface area contributed by atoms with E-state index in [-0.39, 0.29) is 23.3 Å². The van der Waals surface area contributed by atoms with Crippen molar-refractivity contribution in [1.29, 1.82) is 0 Å². The smallest absolute Gasteiger partial charge is 0.264 e. The summed E-state index contributed by atoms with van der Waals surface area (Å²) in [5.41, 5.74) is 2.71. The Morgan fingerprint density at radius 3 is 2.69 bits per heavy atom. The number of fused-ring (bicyclic) bond motifs is 1. The number of sulfonamides is 1. The standard InChI is InChI=1S/C21H25BrN2O4S/c1-14(2)12-23-29(26,27)18-5-7-20(15(3)10-18)28-13-21(25)24-9-8-16-11-17(22)4-6-19(16)24/h4-7,10-11,14,23H,8-9,12-13H2,1-3H3. The zero-order valence-electron chi connectivity index (χ0n) is 16.7. The van der Waals surface area contributed by atoms with Crippen molar-refractivity contribution in [2.24, 2.45) is 5.92 Å². The van der Waals surface area contributed by atoms with Crippen molar-refractivity contribution in [3.8, 4) is 5.75 Å². The highest BCUT2D eigenvalue weighted by Crippen LogP contribution is 2.31. The Morgan fingerprint density at radius 1 is 1.24 bits per heavy atom. The summed E-state index contributed by atoms with van der Waals surface area (Å²) in [6, 6.07) is 10.5. The van der Waals surface area contributed by atoms with Gasteiger partial charge in [0.25, 0.3) is 5.91 Å².